The zero-order valence-corrected chi connectivity index (χ0v) is 11.5. The number of rotatable bonds is 5. The summed E-state index contributed by atoms with van der Waals surface area (Å²) in [5.74, 6) is -0.374. The van der Waals surface area contributed by atoms with Crippen molar-refractivity contribution < 1.29 is 18.0 Å². The number of carbonyl (C=O) groups excluding carboxylic acids is 1. The predicted octanol–water partition coefficient (Wildman–Crippen LogP) is 3.01. The molecule has 1 unspecified atom stereocenters. The first-order valence-electron chi connectivity index (χ1n) is 6.48. The van der Waals surface area contributed by atoms with Gasteiger partial charge in [-0.1, -0.05) is 25.5 Å². The second-order valence-electron chi connectivity index (χ2n) is 4.76. The molecule has 1 rings (SSSR count). The molecule has 0 radical (unpaired) electrons. The molecule has 0 aliphatic heterocycles. The first-order valence-corrected chi connectivity index (χ1v) is 6.48. The summed E-state index contributed by atoms with van der Waals surface area (Å²) in [5, 5.41) is 2.68. The van der Waals surface area contributed by atoms with Crippen molar-refractivity contribution in [2.24, 2.45) is 5.73 Å². The van der Waals surface area contributed by atoms with E-state index in [0.717, 1.165) is 18.6 Å². The van der Waals surface area contributed by atoms with Crippen LogP contribution in [-0.4, -0.2) is 11.9 Å². The lowest BCUT2D eigenvalue weighted by atomic mass is 9.99. The van der Waals surface area contributed by atoms with Gasteiger partial charge in [-0.15, -0.1) is 0 Å². The topological polar surface area (TPSA) is 55.1 Å². The Labute approximate surface area is 116 Å². The van der Waals surface area contributed by atoms with Crippen LogP contribution in [0.25, 0.3) is 0 Å². The Balaban J connectivity index is 3.00. The number of hydrogen-bond donors (Lipinski definition) is 2. The van der Waals surface area contributed by atoms with Crippen LogP contribution in [0.4, 0.5) is 13.2 Å². The van der Waals surface area contributed by atoms with Gasteiger partial charge in [0.1, 0.15) is 0 Å². The van der Waals surface area contributed by atoms with Crippen LogP contribution in [0.1, 0.15) is 43.9 Å². The van der Waals surface area contributed by atoms with Gasteiger partial charge in [0.2, 0.25) is 5.91 Å². The highest BCUT2D eigenvalue weighted by Crippen LogP contribution is 2.31. The number of hydrogen-bond acceptors (Lipinski definition) is 2. The highest BCUT2D eigenvalue weighted by atomic mass is 19.4. The fourth-order valence-corrected chi connectivity index (χ4v) is 1.85. The van der Waals surface area contributed by atoms with Crippen LogP contribution in [0, 0.1) is 0 Å². The highest BCUT2D eigenvalue weighted by molar-refractivity contribution is 5.81. The van der Waals surface area contributed by atoms with Gasteiger partial charge in [-0.3, -0.25) is 4.79 Å². The van der Waals surface area contributed by atoms with E-state index in [0.29, 0.717) is 12.0 Å². The summed E-state index contributed by atoms with van der Waals surface area (Å²) < 4.78 is 38.1. The third-order valence-electron chi connectivity index (χ3n) is 2.92. The molecule has 20 heavy (non-hydrogen) atoms. The molecule has 0 fully saturated rings. The molecule has 0 aliphatic rings. The van der Waals surface area contributed by atoms with Crippen molar-refractivity contribution in [1.29, 1.82) is 0 Å². The minimum Gasteiger partial charge on any atom is -0.348 e. The lowest BCUT2D eigenvalue weighted by molar-refractivity contribution is -0.137. The van der Waals surface area contributed by atoms with E-state index < -0.39 is 23.8 Å². The number of amides is 1. The summed E-state index contributed by atoms with van der Waals surface area (Å²) in [6.07, 6.45) is -3.10. The van der Waals surface area contributed by atoms with Crippen molar-refractivity contribution in [2.45, 2.75) is 44.9 Å². The van der Waals surface area contributed by atoms with Crippen LogP contribution >= 0.6 is 0 Å². The summed E-state index contributed by atoms with van der Waals surface area (Å²) in [5.41, 5.74) is 5.19. The van der Waals surface area contributed by atoms with Crippen molar-refractivity contribution in [3.8, 4) is 0 Å². The smallest absolute Gasteiger partial charge is 0.348 e. The van der Waals surface area contributed by atoms with Crippen LogP contribution in [0.2, 0.25) is 0 Å². The van der Waals surface area contributed by atoms with E-state index in [9.17, 15) is 18.0 Å². The molecular weight excluding hydrogens is 269 g/mol. The third-order valence-corrected chi connectivity index (χ3v) is 2.92. The summed E-state index contributed by atoms with van der Waals surface area (Å²) in [6, 6.07) is 3.86. The molecule has 3 nitrogen and oxygen atoms in total. The number of nitrogens with two attached hydrogens (primary N) is 1. The van der Waals surface area contributed by atoms with Gasteiger partial charge in [-0.2, -0.15) is 13.2 Å². The number of halogens is 3. The van der Waals surface area contributed by atoms with Crippen molar-refractivity contribution in [3.63, 3.8) is 0 Å². The average molecular weight is 288 g/mol. The molecule has 1 aromatic carbocycles. The zero-order valence-electron chi connectivity index (χ0n) is 11.5. The van der Waals surface area contributed by atoms with E-state index >= 15 is 0 Å². The number of alkyl halides is 3. The van der Waals surface area contributed by atoms with Crippen molar-refractivity contribution in [3.05, 3.63) is 35.4 Å². The SMILES string of the molecule is CCCC(NC(=O)[C@H](C)N)c1cccc(C(F)(F)F)c1. The zero-order chi connectivity index (χ0) is 15.3. The Morgan fingerprint density at radius 2 is 2.05 bits per heavy atom. The van der Waals surface area contributed by atoms with Crippen LogP contribution in [0.15, 0.2) is 24.3 Å². The maximum Gasteiger partial charge on any atom is 0.416 e. The number of benzene rings is 1. The van der Waals surface area contributed by atoms with Crippen LogP contribution < -0.4 is 11.1 Å². The monoisotopic (exact) mass is 288 g/mol. The largest absolute Gasteiger partial charge is 0.416 e. The fraction of sp³-hybridized carbons (Fsp3) is 0.500. The third kappa shape index (κ3) is 4.52. The fourth-order valence-electron chi connectivity index (χ4n) is 1.85. The minimum atomic E-state index is -4.39. The molecule has 0 saturated carbocycles. The molecule has 1 aromatic rings. The Morgan fingerprint density at radius 1 is 1.40 bits per heavy atom. The van der Waals surface area contributed by atoms with E-state index in [1.807, 2.05) is 6.92 Å². The van der Waals surface area contributed by atoms with Crippen LogP contribution in [0.5, 0.6) is 0 Å². The van der Waals surface area contributed by atoms with E-state index in [-0.39, 0.29) is 5.91 Å². The van der Waals surface area contributed by atoms with Gasteiger partial charge < -0.3 is 11.1 Å². The normalized spacial score (nSPS) is 14.7. The predicted molar refractivity (Wildman–Crippen MR) is 70.9 cm³/mol. The van der Waals surface area contributed by atoms with E-state index in [1.54, 1.807) is 6.07 Å². The molecule has 0 aliphatic carbocycles. The van der Waals surface area contributed by atoms with E-state index in [2.05, 4.69) is 5.32 Å². The van der Waals surface area contributed by atoms with Gasteiger partial charge in [0, 0.05) is 0 Å². The van der Waals surface area contributed by atoms with Crippen molar-refractivity contribution in [1.82, 2.24) is 5.32 Å². The quantitative estimate of drug-likeness (QED) is 0.875. The van der Waals surface area contributed by atoms with E-state index in [4.69, 9.17) is 5.73 Å². The first-order chi connectivity index (χ1) is 9.25. The van der Waals surface area contributed by atoms with Gasteiger partial charge >= 0.3 is 6.18 Å². The molecule has 0 saturated heterocycles. The number of nitrogens with one attached hydrogen (secondary N) is 1. The van der Waals surface area contributed by atoms with E-state index in [1.165, 1.54) is 13.0 Å². The van der Waals surface area contributed by atoms with Gasteiger partial charge in [-0.05, 0) is 31.0 Å². The van der Waals surface area contributed by atoms with Crippen molar-refractivity contribution in [2.75, 3.05) is 0 Å². The van der Waals surface area contributed by atoms with Crippen molar-refractivity contribution >= 4 is 5.91 Å². The molecule has 0 spiro atoms. The molecule has 2 atom stereocenters. The van der Waals surface area contributed by atoms with Gasteiger partial charge in [0.25, 0.3) is 0 Å². The standard InChI is InChI=1S/C14H19F3N2O/c1-3-5-12(19-13(20)9(2)18)10-6-4-7-11(8-10)14(15,16)17/h4,6-9,12H,3,5,18H2,1-2H3,(H,19,20)/t9-,12?/m0/s1. The minimum absolute atomic E-state index is 0.374. The summed E-state index contributed by atoms with van der Waals surface area (Å²) >= 11 is 0. The molecular formula is C14H19F3N2O. The maximum absolute atomic E-state index is 12.7. The Kier molecular flexibility index (Phi) is 5.56. The molecule has 1 amide bonds. The second-order valence-corrected chi connectivity index (χ2v) is 4.76. The molecule has 0 aromatic heterocycles. The van der Waals surface area contributed by atoms with Crippen LogP contribution in [0.3, 0.4) is 0 Å². The lowest BCUT2D eigenvalue weighted by Crippen LogP contribution is -2.40. The molecule has 112 valence electrons. The molecule has 0 bridgehead atoms. The summed E-state index contributed by atoms with van der Waals surface area (Å²) in [6.45, 7) is 3.43. The van der Waals surface area contributed by atoms with Gasteiger partial charge in [0.05, 0.1) is 17.6 Å². The lowest BCUT2D eigenvalue weighted by Gasteiger charge is -2.21. The Morgan fingerprint density at radius 3 is 2.55 bits per heavy atom. The van der Waals surface area contributed by atoms with Gasteiger partial charge in [0.15, 0.2) is 0 Å². The molecule has 6 heteroatoms. The highest BCUT2D eigenvalue weighted by Gasteiger charge is 2.31. The number of carbonyl (C=O) groups is 1. The van der Waals surface area contributed by atoms with Crippen LogP contribution in [-0.2, 0) is 11.0 Å². The Bertz CT molecular complexity index is 458. The Hall–Kier alpha value is -1.56. The van der Waals surface area contributed by atoms with Gasteiger partial charge in [-0.25, -0.2) is 0 Å². The maximum atomic E-state index is 12.7. The summed E-state index contributed by atoms with van der Waals surface area (Å²) in [7, 11) is 0. The molecule has 3 N–H and O–H groups in total. The second kappa shape index (κ2) is 6.74. The summed E-state index contributed by atoms with van der Waals surface area (Å²) in [4.78, 5) is 11.6. The molecule has 0 heterocycles. The average Bonchev–Trinajstić information content (AvgIpc) is 2.37. The first kappa shape index (κ1) is 16.5.